The molecule has 128 valence electrons. The first-order chi connectivity index (χ1) is 12.7. The van der Waals surface area contributed by atoms with Gasteiger partial charge in [0.25, 0.3) is 11.7 Å². The van der Waals surface area contributed by atoms with Gasteiger partial charge in [-0.2, -0.15) is 4.98 Å². The molecule has 0 bridgehead atoms. The van der Waals surface area contributed by atoms with Crippen molar-refractivity contribution in [2.24, 2.45) is 0 Å². The molecule has 0 radical (unpaired) electrons. The Bertz CT molecular complexity index is 1060. The fourth-order valence-electron chi connectivity index (χ4n) is 2.65. The lowest BCUT2D eigenvalue weighted by Crippen LogP contribution is -1.92. The van der Waals surface area contributed by atoms with E-state index >= 15 is 0 Å². The van der Waals surface area contributed by atoms with Gasteiger partial charge in [-0.05, 0) is 47.9 Å². The Kier molecular flexibility index (Phi) is 4.03. The van der Waals surface area contributed by atoms with Crippen molar-refractivity contribution in [3.05, 3.63) is 88.2 Å². The number of oxazole rings is 1. The van der Waals surface area contributed by atoms with Crippen molar-refractivity contribution < 1.29 is 9.34 Å². The van der Waals surface area contributed by atoms with Gasteiger partial charge >= 0.3 is 0 Å². The van der Waals surface area contributed by atoms with E-state index in [4.69, 9.17) is 4.42 Å². The van der Waals surface area contributed by atoms with Gasteiger partial charge in [0.05, 0.1) is 11.0 Å². The SMILES string of the molecule is O=[N+]([O-])c1ccc2nc(Nc3ccc(Cc4ccncc4)cc3)oc2c1. The largest absolute Gasteiger partial charge is 0.423 e. The highest BCUT2D eigenvalue weighted by Crippen LogP contribution is 2.25. The van der Waals surface area contributed by atoms with E-state index in [0.29, 0.717) is 17.1 Å². The zero-order chi connectivity index (χ0) is 17.9. The van der Waals surface area contributed by atoms with E-state index in [0.717, 1.165) is 12.1 Å². The fraction of sp³-hybridized carbons (Fsp3) is 0.0526. The normalized spacial score (nSPS) is 10.8. The summed E-state index contributed by atoms with van der Waals surface area (Å²) < 4.78 is 5.56. The second-order valence-corrected chi connectivity index (χ2v) is 5.78. The summed E-state index contributed by atoms with van der Waals surface area (Å²) in [5.74, 6) is 0. The second kappa shape index (κ2) is 6.64. The lowest BCUT2D eigenvalue weighted by Gasteiger charge is -2.04. The number of non-ortho nitro benzene ring substituents is 1. The van der Waals surface area contributed by atoms with Gasteiger partial charge in [0.15, 0.2) is 5.58 Å². The number of nitrogens with one attached hydrogen (secondary N) is 1. The van der Waals surface area contributed by atoms with Gasteiger partial charge in [0.2, 0.25) is 0 Å². The summed E-state index contributed by atoms with van der Waals surface area (Å²) in [5, 5.41) is 13.9. The Morgan fingerprint density at radius 2 is 1.73 bits per heavy atom. The van der Waals surface area contributed by atoms with Crippen LogP contribution in [0.2, 0.25) is 0 Å². The third-order valence-corrected chi connectivity index (χ3v) is 3.95. The maximum atomic E-state index is 10.8. The number of fused-ring (bicyclic) bond motifs is 1. The molecule has 0 aliphatic heterocycles. The van der Waals surface area contributed by atoms with Gasteiger partial charge in [-0.15, -0.1) is 0 Å². The van der Waals surface area contributed by atoms with Crippen LogP contribution in [-0.2, 0) is 6.42 Å². The minimum atomic E-state index is -0.462. The molecule has 1 N–H and O–H groups in total. The van der Waals surface area contributed by atoms with Crippen molar-refractivity contribution >= 4 is 28.5 Å². The standard InChI is InChI=1S/C19H14N4O3/c24-23(25)16-5-6-17-18(12-16)26-19(22-17)21-15-3-1-13(2-4-15)11-14-7-9-20-10-8-14/h1-10,12H,11H2,(H,21,22). The molecular weight excluding hydrogens is 332 g/mol. The molecule has 0 atom stereocenters. The number of pyridine rings is 1. The number of nitrogens with zero attached hydrogens (tertiary/aromatic N) is 3. The summed E-state index contributed by atoms with van der Waals surface area (Å²) in [7, 11) is 0. The highest BCUT2D eigenvalue weighted by Gasteiger charge is 2.11. The minimum Gasteiger partial charge on any atom is -0.423 e. The Balaban J connectivity index is 1.50. The Morgan fingerprint density at radius 1 is 1.00 bits per heavy atom. The number of nitro benzene ring substituents is 1. The summed E-state index contributed by atoms with van der Waals surface area (Å²) in [6.45, 7) is 0. The van der Waals surface area contributed by atoms with Gasteiger partial charge in [0, 0.05) is 24.1 Å². The van der Waals surface area contributed by atoms with Crippen LogP contribution in [-0.4, -0.2) is 14.9 Å². The summed E-state index contributed by atoms with van der Waals surface area (Å²) in [6, 6.07) is 16.5. The molecule has 7 heteroatoms. The molecule has 0 saturated heterocycles. The molecular formula is C19H14N4O3. The number of rotatable bonds is 5. The molecule has 4 aromatic rings. The van der Waals surface area contributed by atoms with Gasteiger partial charge in [-0.25, -0.2) is 0 Å². The fourth-order valence-corrected chi connectivity index (χ4v) is 2.65. The molecule has 2 aromatic heterocycles. The zero-order valence-electron chi connectivity index (χ0n) is 13.6. The number of nitro groups is 1. The maximum Gasteiger partial charge on any atom is 0.300 e. The van der Waals surface area contributed by atoms with Gasteiger partial charge in [-0.3, -0.25) is 15.1 Å². The van der Waals surface area contributed by atoms with Crippen LogP contribution in [0.25, 0.3) is 11.1 Å². The molecule has 0 unspecified atom stereocenters. The highest BCUT2D eigenvalue weighted by molar-refractivity contribution is 5.77. The molecule has 0 fully saturated rings. The molecule has 26 heavy (non-hydrogen) atoms. The Morgan fingerprint density at radius 3 is 2.46 bits per heavy atom. The van der Waals surface area contributed by atoms with Crippen LogP contribution in [0.3, 0.4) is 0 Å². The van der Waals surface area contributed by atoms with Crippen LogP contribution < -0.4 is 5.32 Å². The van der Waals surface area contributed by atoms with E-state index in [1.54, 1.807) is 18.5 Å². The van der Waals surface area contributed by atoms with Gasteiger partial charge < -0.3 is 9.73 Å². The predicted molar refractivity (Wildman–Crippen MR) is 97.4 cm³/mol. The Labute approximate surface area is 148 Å². The van der Waals surface area contributed by atoms with Crippen LogP contribution in [0.15, 0.2) is 71.4 Å². The third kappa shape index (κ3) is 3.36. The highest BCUT2D eigenvalue weighted by atomic mass is 16.6. The topological polar surface area (TPSA) is 94.1 Å². The average molecular weight is 346 g/mol. The molecule has 2 heterocycles. The smallest absolute Gasteiger partial charge is 0.300 e. The second-order valence-electron chi connectivity index (χ2n) is 5.78. The van der Waals surface area contributed by atoms with Crippen LogP contribution >= 0.6 is 0 Å². The van der Waals surface area contributed by atoms with E-state index in [9.17, 15) is 10.1 Å². The minimum absolute atomic E-state index is 0.0272. The number of benzene rings is 2. The summed E-state index contributed by atoms with van der Waals surface area (Å²) in [5.41, 5.74) is 4.10. The quantitative estimate of drug-likeness (QED) is 0.423. The molecule has 7 nitrogen and oxygen atoms in total. The molecule has 4 rings (SSSR count). The first kappa shape index (κ1) is 15.8. The zero-order valence-corrected chi connectivity index (χ0v) is 13.6. The first-order valence-corrected chi connectivity index (χ1v) is 7.97. The average Bonchev–Trinajstić information content (AvgIpc) is 3.05. The van der Waals surface area contributed by atoms with Crippen molar-refractivity contribution in [2.75, 3.05) is 5.32 Å². The molecule has 2 aromatic carbocycles. The van der Waals surface area contributed by atoms with Crippen molar-refractivity contribution in [3.8, 4) is 0 Å². The van der Waals surface area contributed by atoms with Crippen molar-refractivity contribution in [3.63, 3.8) is 0 Å². The number of hydrogen-bond acceptors (Lipinski definition) is 6. The van der Waals surface area contributed by atoms with E-state index in [2.05, 4.69) is 15.3 Å². The van der Waals surface area contributed by atoms with Gasteiger partial charge in [-0.1, -0.05) is 12.1 Å². The van der Waals surface area contributed by atoms with E-state index in [1.165, 1.54) is 23.3 Å². The molecule has 0 saturated carbocycles. The maximum absolute atomic E-state index is 10.8. The summed E-state index contributed by atoms with van der Waals surface area (Å²) >= 11 is 0. The number of hydrogen-bond donors (Lipinski definition) is 1. The first-order valence-electron chi connectivity index (χ1n) is 7.97. The molecule has 0 spiro atoms. The van der Waals surface area contributed by atoms with Crippen LogP contribution in [0.4, 0.5) is 17.4 Å². The molecule has 0 aliphatic carbocycles. The monoisotopic (exact) mass is 346 g/mol. The third-order valence-electron chi connectivity index (χ3n) is 3.95. The van der Waals surface area contributed by atoms with Crippen LogP contribution in [0.1, 0.15) is 11.1 Å². The summed E-state index contributed by atoms with van der Waals surface area (Å²) in [6.07, 6.45) is 4.39. The predicted octanol–water partition coefficient (Wildman–Crippen LogP) is 4.47. The Hall–Kier alpha value is -3.74. The summed E-state index contributed by atoms with van der Waals surface area (Å²) in [4.78, 5) is 18.7. The van der Waals surface area contributed by atoms with Crippen molar-refractivity contribution in [1.82, 2.24) is 9.97 Å². The van der Waals surface area contributed by atoms with Crippen LogP contribution in [0, 0.1) is 10.1 Å². The number of aromatic nitrogens is 2. The van der Waals surface area contributed by atoms with Crippen molar-refractivity contribution in [2.45, 2.75) is 6.42 Å². The molecule has 0 amide bonds. The van der Waals surface area contributed by atoms with E-state index in [1.807, 2.05) is 36.4 Å². The number of anilines is 2. The van der Waals surface area contributed by atoms with Gasteiger partial charge in [0.1, 0.15) is 5.52 Å². The van der Waals surface area contributed by atoms with Crippen molar-refractivity contribution in [1.29, 1.82) is 0 Å². The lowest BCUT2D eigenvalue weighted by molar-refractivity contribution is -0.384. The van der Waals surface area contributed by atoms with E-state index < -0.39 is 4.92 Å². The van der Waals surface area contributed by atoms with Crippen LogP contribution in [0.5, 0.6) is 0 Å². The molecule has 0 aliphatic rings. The van der Waals surface area contributed by atoms with E-state index in [-0.39, 0.29) is 5.69 Å². The lowest BCUT2D eigenvalue weighted by atomic mass is 10.1.